The minimum Gasteiger partial charge on any atom is -0.358 e. The maximum atomic E-state index is 10.6. The number of hydrogen-bond donors (Lipinski definition) is 0. The third-order valence-corrected chi connectivity index (χ3v) is 2.67. The summed E-state index contributed by atoms with van der Waals surface area (Å²) in [6, 6.07) is 1.71. The minimum atomic E-state index is -0.632. The largest absolute Gasteiger partial charge is 0.408 e. The van der Waals surface area contributed by atoms with Crippen LogP contribution in [0.15, 0.2) is 24.7 Å². The summed E-state index contributed by atoms with van der Waals surface area (Å²) in [6.07, 6.45) is 4.47. The number of rotatable bonds is 3. The Morgan fingerprint density at radius 2 is 2.18 bits per heavy atom. The van der Waals surface area contributed by atoms with Crippen LogP contribution < -0.4 is 0 Å². The van der Waals surface area contributed by atoms with Crippen molar-refractivity contribution in [3.63, 3.8) is 0 Å². The lowest BCUT2D eigenvalue weighted by atomic mass is 10.3. The maximum Gasteiger partial charge on any atom is 0.408 e. The Morgan fingerprint density at radius 3 is 2.76 bits per heavy atom. The normalized spacial score (nSPS) is 10.5. The number of pyridine rings is 1. The van der Waals surface area contributed by atoms with Gasteiger partial charge in [0.2, 0.25) is 0 Å². The van der Waals surface area contributed by atoms with E-state index in [-0.39, 0.29) is 10.8 Å². The number of aromatic nitrogens is 3. The van der Waals surface area contributed by atoms with E-state index in [0.717, 1.165) is 5.56 Å². The average Bonchev–Trinajstić information content (AvgIpc) is 2.63. The minimum absolute atomic E-state index is 0.000165. The van der Waals surface area contributed by atoms with E-state index in [2.05, 4.69) is 10.1 Å². The van der Waals surface area contributed by atoms with E-state index in [0.29, 0.717) is 11.6 Å². The Kier molecular flexibility index (Phi) is 3.26. The summed E-state index contributed by atoms with van der Waals surface area (Å²) in [4.78, 5) is 13.8. The topological polar surface area (TPSA) is 73.8 Å². The van der Waals surface area contributed by atoms with Crippen LogP contribution in [0.3, 0.4) is 0 Å². The van der Waals surface area contributed by atoms with Gasteiger partial charge < -0.3 is 10.1 Å². The fraction of sp³-hybridized carbons (Fsp3) is 0.111. The molecule has 17 heavy (non-hydrogen) atoms. The van der Waals surface area contributed by atoms with Crippen LogP contribution in [0, 0.1) is 10.1 Å². The van der Waals surface area contributed by atoms with Gasteiger partial charge in [0.25, 0.3) is 0 Å². The van der Waals surface area contributed by atoms with Gasteiger partial charge in [-0.25, -0.2) is 0 Å². The zero-order valence-corrected chi connectivity index (χ0v) is 9.89. The van der Waals surface area contributed by atoms with Crippen molar-refractivity contribution in [2.75, 3.05) is 0 Å². The summed E-state index contributed by atoms with van der Waals surface area (Å²) >= 11 is 11.6. The highest BCUT2D eigenvalue weighted by molar-refractivity contribution is 6.32. The average molecular weight is 273 g/mol. The van der Waals surface area contributed by atoms with Gasteiger partial charge in [-0.1, -0.05) is 23.2 Å². The van der Waals surface area contributed by atoms with Crippen molar-refractivity contribution in [2.24, 2.45) is 0 Å². The predicted molar refractivity (Wildman–Crippen MR) is 62.2 cm³/mol. The van der Waals surface area contributed by atoms with Crippen LogP contribution >= 0.6 is 23.2 Å². The maximum absolute atomic E-state index is 10.6. The second kappa shape index (κ2) is 4.68. The summed E-state index contributed by atoms with van der Waals surface area (Å²) in [7, 11) is 0. The highest BCUT2D eigenvalue weighted by atomic mass is 35.5. The molecule has 88 valence electrons. The number of halogens is 2. The molecule has 0 saturated carbocycles. The standard InChI is InChI=1S/C9H6Cl2N4O2/c10-7-3-12-2-1-6(7)4-14-5-8(11)9(13-14)15(16)17/h1-3,5H,4H2. The van der Waals surface area contributed by atoms with Crippen LogP contribution in [0.25, 0.3) is 0 Å². The van der Waals surface area contributed by atoms with Gasteiger partial charge in [0.15, 0.2) is 5.02 Å². The van der Waals surface area contributed by atoms with Crippen molar-refractivity contribution >= 4 is 29.0 Å². The summed E-state index contributed by atoms with van der Waals surface area (Å²) < 4.78 is 1.36. The van der Waals surface area contributed by atoms with Gasteiger partial charge in [0.1, 0.15) is 0 Å². The van der Waals surface area contributed by atoms with Gasteiger partial charge in [-0.3, -0.25) is 4.98 Å². The molecule has 0 bridgehead atoms. The Bertz CT molecular complexity index is 570. The molecule has 0 aliphatic rings. The lowest BCUT2D eigenvalue weighted by Crippen LogP contribution is -2.02. The second-order valence-corrected chi connectivity index (χ2v) is 4.04. The lowest BCUT2D eigenvalue weighted by molar-refractivity contribution is -0.389. The highest BCUT2D eigenvalue weighted by Gasteiger charge is 2.19. The van der Waals surface area contributed by atoms with E-state index >= 15 is 0 Å². The Hall–Kier alpha value is -1.66. The van der Waals surface area contributed by atoms with Crippen molar-refractivity contribution in [1.29, 1.82) is 0 Å². The molecular formula is C9H6Cl2N4O2. The van der Waals surface area contributed by atoms with Gasteiger partial charge in [0, 0.05) is 12.4 Å². The summed E-state index contributed by atoms with van der Waals surface area (Å²) in [5.41, 5.74) is 0.760. The van der Waals surface area contributed by atoms with Crippen molar-refractivity contribution in [1.82, 2.24) is 14.8 Å². The van der Waals surface area contributed by atoms with Crippen molar-refractivity contribution in [3.8, 4) is 0 Å². The molecular weight excluding hydrogens is 267 g/mol. The molecule has 8 heteroatoms. The molecule has 0 N–H and O–H groups in total. The molecule has 0 radical (unpaired) electrons. The first-order chi connectivity index (χ1) is 8.08. The number of nitro groups is 1. The molecule has 0 aromatic carbocycles. The Balaban J connectivity index is 2.28. The molecule has 6 nitrogen and oxygen atoms in total. The Labute approximate surface area is 106 Å². The van der Waals surface area contributed by atoms with Gasteiger partial charge in [-0.15, -0.1) is 0 Å². The predicted octanol–water partition coefficient (Wildman–Crippen LogP) is 2.54. The zero-order chi connectivity index (χ0) is 12.4. The molecule has 0 amide bonds. The van der Waals surface area contributed by atoms with Crippen LogP contribution in [0.4, 0.5) is 5.82 Å². The first-order valence-electron chi connectivity index (χ1n) is 4.53. The molecule has 0 saturated heterocycles. The van der Waals surface area contributed by atoms with E-state index in [9.17, 15) is 10.1 Å². The SMILES string of the molecule is O=[N+]([O-])c1nn(Cc2ccncc2Cl)cc1Cl. The van der Waals surface area contributed by atoms with E-state index in [1.165, 1.54) is 17.1 Å². The first-order valence-corrected chi connectivity index (χ1v) is 5.29. The molecule has 0 fully saturated rings. The van der Waals surface area contributed by atoms with E-state index < -0.39 is 4.92 Å². The van der Waals surface area contributed by atoms with Gasteiger partial charge in [-0.05, 0) is 16.6 Å². The molecule has 2 rings (SSSR count). The van der Waals surface area contributed by atoms with Crippen LogP contribution in [0.1, 0.15) is 5.56 Å². The Morgan fingerprint density at radius 1 is 1.41 bits per heavy atom. The summed E-state index contributed by atoms with van der Waals surface area (Å²) in [5.74, 6) is -0.364. The smallest absolute Gasteiger partial charge is 0.358 e. The lowest BCUT2D eigenvalue weighted by Gasteiger charge is -1.99. The highest BCUT2D eigenvalue weighted by Crippen LogP contribution is 2.22. The molecule has 0 aliphatic heterocycles. The van der Waals surface area contributed by atoms with Crippen LogP contribution in [-0.4, -0.2) is 19.7 Å². The fourth-order valence-electron chi connectivity index (χ4n) is 1.30. The van der Waals surface area contributed by atoms with Crippen LogP contribution in [-0.2, 0) is 6.54 Å². The molecule has 2 aromatic rings. The number of nitrogens with zero attached hydrogens (tertiary/aromatic N) is 4. The van der Waals surface area contributed by atoms with Crippen molar-refractivity contribution < 1.29 is 4.92 Å². The van der Waals surface area contributed by atoms with Gasteiger partial charge in [0.05, 0.1) is 22.9 Å². The van der Waals surface area contributed by atoms with Crippen molar-refractivity contribution in [2.45, 2.75) is 6.54 Å². The molecule has 0 spiro atoms. The van der Waals surface area contributed by atoms with Crippen LogP contribution in [0.5, 0.6) is 0 Å². The van der Waals surface area contributed by atoms with E-state index in [1.807, 2.05) is 0 Å². The molecule has 2 heterocycles. The molecule has 2 aromatic heterocycles. The fourth-order valence-corrected chi connectivity index (χ4v) is 1.70. The molecule has 0 aliphatic carbocycles. The van der Waals surface area contributed by atoms with Crippen LogP contribution in [0.2, 0.25) is 10.0 Å². The number of hydrogen-bond acceptors (Lipinski definition) is 4. The van der Waals surface area contributed by atoms with Crippen molar-refractivity contribution in [3.05, 3.63) is 50.4 Å². The van der Waals surface area contributed by atoms with Gasteiger partial charge >= 0.3 is 5.82 Å². The van der Waals surface area contributed by atoms with Gasteiger partial charge in [-0.2, -0.15) is 4.68 Å². The summed E-state index contributed by atoms with van der Waals surface area (Å²) in [6.45, 7) is 0.301. The zero-order valence-electron chi connectivity index (χ0n) is 8.38. The first kappa shape index (κ1) is 11.8. The quantitative estimate of drug-likeness (QED) is 0.636. The molecule has 0 unspecified atom stereocenters. The van der Waals surface area contributed by atoms with E-state index in [4.69, 9.17) is 23.2 Å². The third-order valence-electron chi connectivity index (χ3n) is 2.06. The monoisotopic (exact) mass is 272 g/mol. The van der Waals surface area contributed by atoms with E-state index in [1.54, 1.807) is 12.3 Å². The third kappa shape index (κ3) is 2.54. The molecule has 0 atom stereocenters. The second-order valence-electron chi connectivity index (χ2n) is 3.22. The summed E-state index contributed by atoms with van der Waals surface area (Å²) in [5, 5.41) is 14.8.